The van der Waals surface area contributed by atoms with Crippen molar-refractivity contribution in [2.75, 3.05) is 0 Å². The monoisotopic (exact) mass is 382 g/mol. The number of aromatic nitrogens is 2. The van der Waals surface area contributed by atoms with Gasteiger partial charge in [0.2, 0.25) is 0 Å². The molecule has 20 heavy (non-hydrogen) atoms. The highest BCUT2D eigenvalue weighted by molar-refractivity contribution is 14.1. The summed E-state index contributed by atoms with van der Waals surface area (Å²) < 4.78 is 0.761. The first kappa shape index (κ1) is 14.7. The number of amides is 1. The molecule has 1 aromatic heterocycles. The maximum atomic E-state index is 11.8. The molecule has 0 fully saturated rings. The summed E-state index contributed by atoms with van der Waals surface area (Å²) in [6.45, 7) is 4.30. The van der Waals surface area contributed by atoms with Crippen LogP contribution in [0, 0.1) is 3.57 Å². The molecule has 6 heteroatoms. The smallest absolute Gasteiger partial charge is 0.272 e. The predicted molar refractivity (Wildman–Crippen MR) is 86.9 cm³/mol. The van der Waals surface area contributed by atoms with Gasteiger partial charge in [0.15, 0.2) is 0 Å². The van der Waals surface area contributed by atoms with Crippen LogP contribution in [-0.2, 0) is 0 Å². The maximum absolute atomic E-state index is 11.8. The molecule has 0 atom stereocenters. The standard InChI is InChI=1S/C14H15IN4O/c1-9(2)11-5-3-10(4-6-11)7-16-19-14(20)13-12(15)8-17-18-13/h3-9H,1-2H3,(H,17,18)(H,19,20). The molecule has 0 radical (unpaired) electrons. The highest BCUT2D eigenvalue weighted by Gasteiger charge is 2.10. The van der Waals surface area contributed by atoms with E-state index in [4.69, 9.17) is 0 Å². The van der Waals surface area contributed by atoms with Crippen LogP contribution < -0.4 is 5.43 Å². The van der Waals surface area contributed by atoms with Crippen LogP contribution in [0.15, 0.2) is 35.6 Å². The van der Waals surface area contributed by atoms with Gasteiger partial charge in [-0.3, -0.25) is 9.89 Å². The van der Waals surface area contributed by atoms with Crippen molar-refractivity contribution >= 4 is 34.7 Å². The average molecular weight is 382 g/mol. The number of H-pyrrole nitrogens is 1. The van der Waals surface area contributed by atoms with E-state index in [0.717, 1.165) is 9.13 Å². The third-order valence-electron chi connectivity index (χ3n) is 2.80. The minimum Gasteiger partial charge on any atom is -0.272 e. The van der Waals surface area contributed by atoms with Gasteiger partial charge in [0.25, 0.3) is 5.91 Å². The number of hydrogen-bond donors (Lipinski definition) is 2. The summed E-state index contributed by atoms with van der Waals surface area (Å²) in [6, 6.07) is 8.08. The summed E-state index contributed by atoms with van der Waals surface area (Å²) >= 11 is 2.04. The van der Waals surface area contributed by atoms with E-state index in [9.17, 15) is 4.79 Å². The molecule has 0 spiro atoms. The van der Waals surface area contributed by atoms with E-state index in [1.807, 2.05) is 34.7 Å². The van der Waals surface area contributed by atoms with Crippen LogP contribution in [0.5, 0.6) is 0 Å². The first-order chi connectivity index (χ1) is 9.58. The van der Waals surface area contributed by atoms with Gasteiger partial charge in [-0.2, -0.15) is 10.2 Å². The van der Waals surface area contributed by atoms with Crippen molar-refractivity contribution in [3.8, 4) is 0 Å². The van der Waals surface area contributed by atoms with Gasteiger partial charge in [0.1, 0.15) is 5.69 Å². The van der Waals surface area contributed by atoms with Gasteiger partial charge in [-0.25, -0.2) is 5.43 Å². The zero-order valence-corrected chi connectivity index (χ0v) is 13.4. The van der Waals surface area contributed by atoms with Crippen LogP contribution in [0.1, 0.15) is 41.4 Å². The van der Waals surface area contributed by atoms with Crippen molar-refractivity contribution in [2.24, 2.45) is 5.10 Å². The molecule has 5 nitrogen and oxygen atoms in total. The number of aromatic amines is 1. The van der Waals surface area contributed by atoms with Gasteiger partial charge in [-0.1, -0.05) is 38.1 Å². The van der Waals surface area contributed by atoms with E-state index in [0.29, 0.717) is 11.6 Å². The summed E-state index contributed by atoms with van der Waals surface area (Å²) in [6.07, 6.45) is 3.20. The summed E-state index contributed by atoms with van der Waals surface area (Å²) in [4.78, 5) is 11.8. The Morgan fingerprint density at radius 3 is 2.65 bits per heavy atom. The number of rotatable bonds is 4. The fraction of sp³-hybridized carbons (Fsp3) is 0.214. The Balaban J connectivity index is 1.96. The molecule has 0 saturated carbocycles. The zero-order chi connectivity index (χ0) is 14.5. The van der Waals surface area contributed by atoms with Crippen LogP contribution >= 0.6 is 22.6 Å². The molecule has 0 unspecified atom stereocenters. The summed E-state index contributed by atoms with van der Waals surface area (Å²) in [7, 11) is 0. The van der Waals surface area contributed by atoms with Gasteiger partial charge in [0.05, 0.1) is 16.0 Å². The summed E-state index contributed by atoms with van der Waals surface area (Å²) in [5, 5.41) is 10.4. The molecule has 0 aliphatic carbocycles. The minimum absolute atomic E-state index is 0.304. The van der Waals surface area contributed by atoms with Crippen molar-refractivity contribution < 1.29 is 4.79 Å². The van der Waals surface area contributed by atoms with Gasteiger partial charge in [-0.15, -0.1) is 0 Å². The Hall–Kier alpha value is -1.70. The Morgan fingerprint density at radius 1 is 1.40 bits per heavy atom. The lowest BCUT2D eigenvalue weighted by atomic mass is 10.0. The lowest BCUT2D eigenvalue weighted by molar-refractivity contribution is 0.0949. The van der Waals surface area contributed by atoms with Gasteiger partial charge < -0.3 is 0 Å². The number of benzene rings is 1. The Bertz CT molecular complexity index is 616. The molecule has 2 N–H and O–H groups in total. The van der Waals surface area contributed by atoms with Crippen LogP contribution in [0.4, 0.5) is 0 Å². The molecule has 1 aromatic carbocycles. The molecule has 1 heterocycles. The highest BCUT2D eigenvalue weighted by atomic mass is 127. The number of nitrogens with zero attached hydrogens (tertiary/aromatic N) is 2. The quantitative estimate of drug-likeness (QED) is 0.485. The molecule has 0 aliphatic rings. The zero-order valence-electron chi connectivity index (χ0n) is 11.2. The SMILES string of the molecule is CC(C)c1ccc(C=NNC(=O)c2[nH]ncc2I)cc1. The van der Waals surface area contributed by atoms with Crippen molar-refractivity contribution in [1.29, 1.82) is 0 Å². The molecule has 0 saturated heterocycles. The second-order valence-corrected chi connectivity index (χ2v) is 5.78. The molecule has 0 bridgehead atoms. The van der Waals surface area contributed by atoms with Gasteiger partial charge >= 0.3 is 0 Å². The second kappa shape index (κ2) is 6.65. The van der Waals surface area contributed by atoms with E-state index in [-0.39, 0.29) is 5.91 Å². The first-order valence-corrected chi connectivity index (χ1v) is 7.28. The lowest BCUT2D eigenvalue weighted by Crippen LogP contribution is -2.19. The molecule has 2 rings (SSSR count). The van der Waals surface area contributed by atoms with Gasteiger partial charge in [0, 0.05) is 0 Å². The van der Waals surface area contributed by atoms with Crippen LogP contribution in [0.3, 0.4) is 0 Å². The number of nitrogens with one attached hydrogen (secondary N) is 2. The predicted octanol–water partition coefficient (Wildman–Crippen LogP) is 2.90. The summed E-state index contributed by atoms with van der Waals surface area (Å²) in [5.74, 6) is 0.199. The Morgan fingerprint density at radius 2 is 2.10 bits per heavy atom. The van der Waals surface area contributed by atoms with Crippen molar-refractivity contribution in [3.05, 3.63) is 50.9 Å². The van der Waals surface area contributed by atoms with Crippen LogP contribution in [-0.4, -0.2) is 22.3 Å². The van der Waals surface area contributed by atoms with Gasteiger partial charge in [-0.05, 0) is 39.6 Å². The second-order valence-electron chi connectivity index (χ2n) is 4.61. The van der Waals surface area contributed by atoms with E-state index in [1.165, 1.54) is 5.56 Å². The third-order valence-corrected chi connectivity index (χ3v) is 3.62. The molecule has 104 valence electrons. The number of carbonyl (C=O) groups excluding carboxylic acids is 1. The highest BCUT2D eigenvalue weighted by Crippen LogP contribution is 2.13. The number of carbonyl (C=O) groups is 1. The largest absolute Gasteiger partial charge is 0.290 e. The molecular weight excluding hydrogens is 367 g/mol. The van der Waals surface area contributed by atoms with E-state index >= 15 is 0 Å². The number of halogens is 1. The molecule has 2 aromatic rings. The normalized spacial score (nSPS) is 11.2. The third kappa shape index (κ3) is 3.66. The van der Waals surface area contributed by atoms with Crippen molar-refractivity contribution in [3.63, 3.8) is 0 Å². The Kier molecular flexibility index (Phi) is 4.89. The van der Waals surface area contributed by atoms with E-state index < -0.39 is 0 Å². The maximum Gasteiger partial charge on any atom is 0.290 e. The fourth-order valence-electron chi connectivity index (χ4n) is 1.62. The van der Waals surface area contributed by atoms with E-state index in [2.05, 4.69) is 46.7 Å². The topological polar surface area (TPSA) is 70.1 Å². The summed E-state index contributed by atoms with van der Waals surface area (Å²) in [5.41, 5.74) is 5.10. The molecule has 1 amide bonds. The first-order valence-electron chi connectivity index (χ1n) is 6.20. The van der Waals surface area contributed by atoms with Crippen molar-refractivity contribution in [2.45, 2.75) is 19.8 Å². The Labute approximate surface area is 131 Å². The fourth-order valence-corrected chi connectivity index (χ4v) is 2.12. The van der Waals surface area contributed by atoms with Crippen LogP contribution in [0.25, 0.3) is 0 Å². The molecule has 0 aliphatic heterocycles. The van der Waals surface area contributed by atoms with Crippen molar-refractivity contribution in [1.82, 2.24) is 15.6 Å². The van der Waals surface area contributed by atoms with E-state index in [1.54, 1.807) is 12.4 Å². The average Bonchev–Trinajstić information content (AvgIpc) is 2.85. The van der Waals surface area contributed by atoms with Crippen LogP contribution in [0.2, 0.25) is 0 Å². The number of hydrazone groups is 1. The molecular formula is C14H15IN4O. The lowest BCUT2D eigenvalue weighted by Gasteiger charge is -2.04. The minimum atomic E-state index is -0.304. The number of hydrogen-bond acceptors (Lipinski definition) is 3.